The summed E-state index contributed by atoms with van der Waals surface area (Å²) in [5, 5.41) is 18.3. The van der Waals surface area contributed by atoms with Crippen LogP contribution < -0.4 is 38.9 Å². The van der Waals surface area contributed by atoms with E-state index in [1.54, 1.807) is 0 Å². The molecule has 0 spiro atoms. The van der Waals surface area contributed by atoms with Crippen LogP contribution in [0.15, 0.2) is 0 Å². The van der Waals surface area contributed by atoms with Crippen molar-refractivity contribution in [2.45, 2.75) is 0 Å². The van der Waals surface area contributed by atoms with Crippen LogP contribution in [-0.2, 0) is 37.9 Å². The number of aliphatic carboxylic acids is 2. The van der Waals surface area contributed by atoms with Gasteiger partial charge in [-0.2, -0.15) is 0 Å². The molecule has 0 aromatic rings. The smallest absolute Gasteiger partial charge is 0.549 e. The molecule has 0 amide bonds. The quantitative estimate of drug-likeness (QED) is 0.227. The molecule has 0 saturated carbocycles. The van der Waals surface area contributed by atoms with Crippen molar-refractivity contribution in [3.8, 4) is 0 Å². The molecule has 0 fully saturated rings. The van der Waals surface area contributed by atoms with Gasteiger partial charge in [-0.15, -0.1) is 0 Å². The largest absolute Gasteiger partial charge is 2.00 e. The molecule has 0 aliphatic heterocycles. The predicted molar refractivity (Wildman–Crippen MR) is 85.1 cm³/mol. The summed E-state index contributed by atoms with van der Waals surface area (Å²) in [6.07, 6.45) is 0. The third-order valence-corrected chi connectivity index (χ3v) is 1.52. The Kier molecular flexibility index (Phi) is 27.6. The average Bonchev–Trinajstić information content (AvgIpc) is 2.61. The van der Waals surface area contributed by atoms with Crippen LogP contribution in [-0.4, -0.2) is 108 Å². The number of rotatable bonds is 8. The third-order valence-electron chi connectivity index (χ3n) is 1.52. The van der Waals surface area contributed by atoms with E-state index in [2.05, 4.69) is 25.4 Å². The fraction of sp³-hybridized carbons (Fsp3) is 0.500. The summed E-state index contributed by atoms with van der Waals surface area (Å²) < 4.78 is 13.2. The number of carboxylic acids is 2. The summed E-state index contributed by atoms with van der Waals surface area (Å²) in [7, 11) is -1.82. The first-order valence-electron chi connectivity index (χ1n) is 6.56. The summed E-state index contributed by atoms with van der Waals surface area (Å²) in [4.78, 5) is 50.6. The van der Waals surface area contributed by atoms with Crippen LogP contribution in [0.3, 0.4) is 0 Å². The van der Waals surface area contributed by atoms with Gasteiger partial charge in [-0.25, -0.2) is 0 Å². The Bertz CT molecular complexity index is 413. The zero-order valence-corrected chi connectivity index (χ0v) is 16.5. The van der Waals surface area contributed by atoms with Crippen LogP contribution in [0.5, 0.6) is 0 Å². The molecule has 17 heteroatoms. The van der Waals surface area contributed by atoms with Crippen molar-refractivity contribution in [3.63, 3.8) is 0 Å². The number of carbonyl (C=O) groups excluding carboxylic acids is 5. The van der Waals surface area contributed by atoms with Gasteiger partial charge in [0.05, 0.1) is 31.6 Å². The second-order valence-electron chi connectivity index (χ2n) is 3.52. The van der Waals surface area contributed by atoms with Gasteiger partial charge < -0.3 is 62.4 Å². The molecule has 0 radical (unpaired) electrons. The molecule has 0 bridgehead atoms. The van der Waals surface area contributed by atoms with Gasteiger partial charge in [0.25, 0.3) is 0 Å². The second kappa shape index (κ2) is 22.5. The molecule has 0 atom stereocenters. The van der Waals surface area contributed by atoms with Crippen molar-refractivity contribution in [3.05, 3.63) is 0 Å². The van der Waals surface area contributed by atoms with Crippen LogP contribution >= 0.6 is 0 Å². The summed E-state index contributed by atoms with van der Waals surface area (Å²) in [5.41, 5.74) is 23.8. The van der Waals surface area contributed by atoms with E-state index in [1.807, 2.05) is 0 Å². The monoisotopic (exact) mass is 421 g/mol. The molecule has 27 heavy (non-hydrogen) atoms. The fourth-order valence-electron chi connectivity index (χ4n) is 0.538. The summed E-state index contributed by atoms with van der Waals surface area (Å²) in [5.74, 6) is -5.19. The van der Waals surface area contributed by atoms with Gasteiger partial charge in [0.2, 0.25) is 0 Å². The second-order valence-corrected chi connectivity index (χ2v) is 3.52. The first kappa shape index (κ1) is 33.1. The minimum absolute atomic E-state index is 0. The Morgan fingerprint density at radius 1 is 0.593 bits per heavy atom. The van der Waals surface area contributed by atoms with Gasteiger partial charge in [0.15, 0.2) is 0 Å². The Labute approximate surface area is 184 Å². The van der Waals surface area contributed by atoms with Gasteiger partial charge in [-0.3, -0.25) is 14.4 Å². The zero-order valence-electron chi connectivity index (χ0n) is 14.3. The van der Waals surface area contributed by atoms with E-state index in [0.29, 0.717) is 0 Å². The Morgan fingerprint density at radius 2 is 0.778 bits per heavy atom. The molecule has 0 aliphatic rings. The van der Waals surface area contributed by atoms with Crippen molar-refractivity contribution in [1.82, 2.24) is 0 Å². The summed E-state index contributed by atoms with van der Waals surface area (Å²) >= 11 is 0. The number of hydrogen-bond acceptors (Lipinski definition) is 15. The third kappa shape index (κ3) is 29.5. The molecular formula is C10H20BCaN5O10. The number of carboxylic acid groups (broad SMARTS) is 2. The van der Waals surface area contributed by atoms with Gasteiger partial charge in [0.1, 0.15) is 0 Å². The average molecular weight is 421 g/mol. The van der Waals surface area contributed by atoms with Crippen LogP contribution in [0.25, 0.3) is 0 Å². The van der Waals surface area contributed by atoms with Gasteiger partial charge in [-0.05, 0) is 0 Å². The first-order valence-corrected chi connectivity index (χ1v) is 6.56. The molecule has 150 valence electrons. The van der Waals surface area contributed by atoms with Crippen molar-refractivity contribution in [2.24, 2.45) is 28.7 Å². The zero-order chi connectivity index (χ0) is 21.1. The van der Waals surface area contributed by atoms with Crippen LogP contribution in [0.1, 0.15) is 0 Å². The Hall–Kier alpha value is -1.53. The van der Waals surface area contributed by atoms with Crippen molar-refractivity contribution < 1.29 is 48.1 Å². The van der Waals surface area contributed by atoms with E-state index in [9.17, 15) is 14.4 Å². The molecular weight excluding hydrogens is 401 g/mol. The summed E-state index contributed by atoms with van der Waals surface area (Å²) in [6, 6.07) is 0. The molecule has 15 nitrogen and oxygen atoms in total. The van der Waals surface area contributed by atoms with E-state index < -0.39 is 56.8 Å². The standard InChI is InChI=1S/C6H12BN3O6.2C2H5NO2.Ca/c8-1-4(11)14-7(15-5(12)2-9)16-6(13)3-10;2*3-1-2(4)5;/h1-3,8-10H2;2*1,3H2,(H,4,5);/q;;;+2/p-2. The molecule has 0 rings (SSSR count). The van der Waals surface area contributed by atoms with E-state index >= 15 is 0 Å². The first-order chi connectivity index (χ1) is 12.1. The Balaban J connectivity index is -0.000000199. The molecule has 0 aromatic heterocycles. The number of hydrogen-bond donors (Lipinski definition) is 5. The van der Waals surface area contributed by atoms with Gasteiger partial charge in [0, 0.05) is 13.1 Å². The van der Waals surface area contributed by atoms with Crippen LogP contribution in [0.4, 0.5) is 0 Å². The Morgan fingerprint density at radius 3 is 0.889 bits per heavy atom. The maximum Gasteiger partial charge on any atom is 2.00 e. The fourth-order valence-corrected chi connectivity index (χ4v) is 0.538. The SMILES string of the molecule is NCC(=O)OB(OC(=O)CN)OC(=O)CN.NCC(=O)[O-].NCC(=O)[O-].[Ca+2]. The normalized spacial score (nSPS) is 8.19. The van der Waals surface area contributed by atoms with E-state index in [0.717, 1.165) is 0 Å². The van der Waals surface area contributed by atoms with Gasteiger partial charge in [-0.1, -0.05) is 0 Å². The minimum atomic E-state index is -1.82. The molecule has 0 aromatic carbocycles. The van der Waals surface area contributed by atoms with E-state index in [-0.39, 0.29) is 50.8 Å². The van der Waals surface area contributed by atoms with Crippen molar-refractivity contribution in [2.75, 3.05) is 32.7 Å². The predicted octanol–water partition coefficient (Wildman–Crippen LogP) is -8.51. The number of nitrogens with two attached hydrogens (primary N) is 5. The number of carbonyl (C=O) groups is 5. The molecule has 0 heterocycles. The van der Waals surface area contributed by atoms with Crippen molar-refractivity contribution in [1.29, 1.82) is 0 Å². The maximum absolute atomic E-state index is 10.8. The minimum Gasteiger partial charge on any atom is -0.549 e. The van der Waals surface area contributed by atoms with Gasteiger partial charge >= 0.3 is 63.0 Å². The van der Waals surface area contributed by atoms with Crippen LogP contribution in [0.2, 0.25) is 0 Å². The summed E-state index contributed by atoms with van der Waals surface area (Å²) in [6.45, 7) is -2.16. The molecule has 0 unspecified atom stereocenters. The van der Waals surface area contributed by atoms with E-state index in [4.69, 9.17) is 37.0 Å². The maximum atomic E-state index is 10.8. The van der Waals surface area contributed by atoms with E-state index in [1.165, 1.54) is 0 Å². The van der Waals surface area contributed by atoms with Crippen LogP contribution in [0, 0.1) is 0 Å². The van der Waals surface area contributed by atoms with Crippen molar-refractivity contribution >= 4 is 74.9 Å². The molecule has 0 aliphatic carbocycles. The topological polar surface area (TPSA) is 289 Å². The molecule has 10 N–H and O–H groups in total. The molecule has 0 saturated heterocycles.